The summed E-state index contributed by atoms with van der Waals surface area (Å²) < 4.78 is 37.3. The SMILES string of the molecule is CC(Sc1ccc(NC(=O)/C(=C/c2c(F)cccc2Cl)NC(=O)c2ccccc2)cc1)C(=O)Nc1ccc(S(N)(=O)=O)cc1. The van der Waals surface area contributed by atoms with E-state index in [0.717, 1.165) is 4.90 Å². The highest BCUT2D eigenvalue weighted by atomic mass is 35.5. The third kappa shape index (κ3) is 8.77. The van der Waals surface area contributed by atoms with E-state index in [0.29, 0.717) is 16.9 Å². The van der Waals surface area contributed by atoms with Crippen LogP contribution in [0.5, 0.6) is 0 Å². The molecule has 3 amide bonds. The Labute approximate surface area is 262 Å². The van der Waals surface area contributed by atoms with Gasteiger partial charge in [-0.3, -0.25) is 14.4 Å². The molecule has 0 saturated carbocycles. The normalized spacial score (nSPS) is 12.2. The van der Waals surface area contributed by atoms with Gasteiger partial charge in [0.1, 0.15) is 11.5 Å². The number of amides is 3. The van der Waals surface area contributed by atoms with Gasteiger partial charge in [0.25, 0.3) is 11.8 Å². The zero-order valence-electron chi connectivity index (χ0n) is 23.1. The molecule has 9 nitrogen and oxygen atoms in total. The first-order valence-corrected chi connectivity index (χ1v) is 15.7. The Morgan fingerprint density at radius 2 is 1.48 bits per heavy atom. The van der Waals surface area contributed by atoms with E-state index in [1.54, 1.807) is 61.5 Å². The fourth-order valence-electron chi connectivity index (χ4n) is 3.78. The summed E-state index contributed by atoms with van der Waals surface area (Å²) in [5.41, 5.74) is 0.795. The Balaban J connectivity index is 1.44. The van der Waals surface area contributed by atoms with E-state index >= 15 is 0 Å². The molecule has 5 N–H and O–H groups in total. The quantitative estimate of drug-likeness (QED) is 0.128. The summed E-state index contributed by atoms with van der Waals surface area (Å²) in [6.07, 6.45) is 1.17. The number of rotatable bonds is 10. The lowest BCUT2D eigenvalue weighted by Gasteiger charge is -2.14. The molecule has 13 heteroatoms. The van der Waals surface area contributed by atoms with Gasteiger partial charge in [0.15, 0.2) is 0 Å². The van der Waals surface area contributed by atoms with Gasteiger partial charge in [-0.1, -0.05) is 35.9 Å². The van der Waals surface area contributed by atoms with Crippen LogP contribution in [0.3, 0.4) is 0 Å². The monoisotopic (exact) mass is 652 g/mol. The maximum absolute atomic E-state index is 14.5. The van der Waals surface area contributed by atoms with Crippen LogP contribution in [0.25, 0.3) is 6.08 Å². The van der Waals surface area contributed by atoms with Crippen LogP contribution >= 0.6 is 23.4 Å². The van der Waals surface area contributed by atoms with Crippen molar-refractivity contribution in [3.63, 3.8) is 0 Å². The molecule has 0 spiro atoms. The topological polar surface area (TPSA) is 147 Å². The average Bonchev–Trinajstić information content (AvgIpc) is 2.99. The van der Waals surface area contributed by atoms with E-state index in [4.69, 9.17) is 16.7 Å². The Hall–Kier alpha value is -4.49. The number of benzene rings is 4. The van der Waals surface area contributed by atoms with E-state index in [2.05, 4.69) is 16.0 Å². The molecule has 0 aromatic heterocycles. The Morgan fingerprint density at radius 1 is 0.864 bits per heavy atom. The lowest BCUT2D eigenvalue weighted by molar-refractivity contribution is -0.115. The number of carbonyl (C=O) groups is 3. The molecule has 4 aromatic carbocycles. The maximum atomic E-state index is 14.5. The smallest absolute Gasteiger partial charge is 0.272 e. The van der Waals surface area contributed by atoms with Crippen molar-refractivity contribution in [1.29, 1.82) is 0 Å². The number of primary sulfonamides is 1. The number of nitrogens with two attached hydrogens (primary N) is 1. The maximum Gasteiger partial charge on any atom is 0.272 e. The molecule has 0 heterocycles. The number of hydrogen-bond donors (Lipinski definition) is 4. The molecule has 0 aliphatic heterocycles. The molecule has 0 radical (unpaired) electrons. The van der Waals surface area contributed by atoms with Crippen LogP contribution in [0.1, 0.15) is 22.8 Å². The van der Waals surface area contributed by atoms with Crippen LogP contribution in [-0.4, -0.2) is 31.4 Å². The summed E-state index contributed by atoms with van der Waals surface area (Å²) in [4.78, 5) is 39.4. The van der Waals surface area contributed by atoms with Crippen LogP contribution in [0, 0.1) is 5.82 Å². The summed E-state index contributed by atoms with van der Waals surface area (Å²) in [5, 5.41) is 12.6. The van der Waals surface area contributed by atoms with Crippen LogP contribution in [-0.2, 0) is 19.6 Å². The first-order chi connectivity index (χ1) is 20.9. The van der Waals surface area contributed by atoms with Gasteiger partial charge in [-0.15, -0.1) is 11.8 Å². The number of hydrogen-bond acceptors (Lipinski definition) is 6. The Bertz CT molecular complexity index is 1800. The minimum atomic E-state index is -3.84. The molecule has 0 fully saturated rings. The van der Waals surface area contributed by atoms with E-state index in [9.17, 15) is 27.2 Å². The van der Waals surface area contributed by atoms with E-state index < -0.39 is 32.9 Å². The molecule has 0 saturated heterocycles. The van der Waals surface area contributed by atoms with Crippen molar-refractivity contribution in [1.82, 2.24) is 5.32 Å². The number of nitrogens with one attached hydrogen (secondary N) is 3. The summed E-state index contributed by atoms with van der Waals surface area (Å²) in [6, 6.07) is 24.4. The largest absolute Gasteiger partial charge is 0.325 e. The summed E-state index contributed by atoms with van der Waals surface area (Å²) >= 11 is 7.41. The van der Waals surface area contributed by atoms with Crippen molar-refractivity contribution in [2.75, 3.05) is 10.6 Å². The molecule has 4 rings (SSSR count). The second kappa shape index (κ2) is 14.3. The first kappa shape index (κ1) is 32.4. The second-order valence-corrected chi connectivity index (χ2v) is 12.7. The molecule has 1 unspecified atom stereocenters. The zero-order valence-corrected chi connectivity index (χ0v) is 25.5. The van der Waals surface area contributed by atoms with Gasteiger partial charge in [-0.25, -0.2) is 17.9 Å². The molecular formula is C31H26ClFN4O5S2. The Morgan fingerprint density at radius 3 is 2.09 bits per heavy atom. The average molecular weight is 653 g/mol. The number of thioether (sulfide) groups is 1. The van der Waals surface area contributed by atoms with Crippen molar-refractivity contribution >= 4 is 68.6 Å². The van der Waals surface area contributed by atoms with Gasteiger partial charge in [-0.2, -0.15) is 0 Å². The molecule has 226 valence electrons. The zero-order chi connectivity index (χ0) is 31.9. The van der Waals surface area contributed by atoms with Gasteiger partial charge in [0.05, 0.1) is 15.2 Å². The third-order valence-corrected chi connectivity index (χ3v) is 8.43. The van der Waals surface area contributed by atoms with Crippen molar-refractivity contribution < 1.29 is 27.2 Å². The molecular weight excluding hydrogens is 627 g/mol. The summed E-state index contributed by atoms with van der Waals surface area (Å²) in [5.74, 6) is -2.27. The number of sulfonamides is 1. The fourth-order valence-corrected chi connectivity index (χ4v) is 5.38. The van der Waals surface area contributed by atoms with Crippen molar-refractivity contribution in [3.05, 3.63) is 125 Å². The predicted molar refractivity (Wildman–Crippen MR) is 170 cm³/mol. The molecule has 44 heavy (non-hydrogen) atoms. The van der Waals surface area contributed by atoms with Crippen LogP contribution < -0.4 is 21.1 Å². The van der Waals surface area contributed by atoms with Gasteiger partial charge in [0.2, 0.25) is 15.9 Å². The minimum Gasteiger partial charge on any atom is -0.325 e. The lowest BCUT2D eigenvalue weighted by Crippen LogP contribution is -2.30. The first-order valence-electron chi connectivity index (χ1n) is 12.9. The minimum absolute atomic E-state index is 0.0595. The number of anilines is 2. The van der Waals surface area contributed by atoms with Crippen molar-refractivity contribution in [2.45, 2.75) is 22.0 Å². The van der Waals surface area contributed by atoms with Gasteiger partial charge in [-0.05, 0) is 85.8 Å². The van der Waals surface area contributed by atoms with Gasteiger partial charge < -0.3 is 16.0 Å². The standard InChI is InChI=1S/C31H26ClFN4O5S2/c1-19(29(38)35-22-12-16-24(17-13-22)44(34,41)42)43-23-14-10-21(11-15-23)36-31(40)28(18-25-26(32)8-5-9-27(25)33)37-30(39)20-6-3-2-4-7-20/h2-19H,1H3,(H,35,38)(H,36,40)(H,37,39)(H2,34,41,42)/b28-18-. The third-order valence-electron chi connectivity index (χ3n) is 6.06. The highest BCUT2D eigenvalue weighted by molar-refractivity contribution is 8.00. The summed E-state index contributed by atoms with van der Waals surface area (Å²) in [6.45, 7) is 1.70. The second-order valence-electron chi connectivity index (χ2n) is 9.31. The number of halogens is 2. The predicted octanol–water partition coefficient (Wildman–Crippen LogP) is 5.66. The highest BCUT2D eigenvalue weighted by Gasteiger charge is 2.18. The molecule has 4 aromatic rings. The van der Waals surface area contributed by atoms with Crippen molar-refractivity contribution in [2.24, 2.45) is 5.14 Å². The highest BCUT2D eigenvalue weighted by Crippen LogP contribution is 2.27. The van der Waals surface area contributed by atoms with E-state index in [-0.39, 0.29) is 27.1 Å². The molecule has 0 aliphatic carbocycles. The van der Waals surface area contributed by atoms with Crippen LogP contribution in [0.2, 0.25) is 5.02 Å². The van der Waals surface area contributed by atoms with E-state index in [1.165, 1.54) is 60.3 Å². The molecule has 0 bridgehead atoms. The van der Waals surface area contributed by atoms with Crippen LogP contribution in [0.4, 0.5) is 15.8 Å². The number of carbonyl (C=O) groups excluding carboxylic acids is 3. The fraction of sp³-hybridized carbons (Fsp3) is 0.0645. The lowest BCUT2D eigenvalue weighted by atomic mass is 10.1. The Kier molecular flexibility index (Phi) is 10.6. The van der Waals surface area contributed by atoms with Gasteiger partial charge in [0, 0.05) is 27.4 Å². The summed E-state index contributed by atoms with van der Waals surface area (Å²) in [7, 11) is -3.84. The van der Waals surface area contributed by atoms with Gasteiger partial charge >= 0.3 is 0 Å². The van der Waals surface area contributed by atoms with Crippen LogP contribution in [0.15, 0.2) is 113 Å². The molecule has 0 aliphatic rings. The molecule has 1 atom stereocenters. The van der Waals surface area contributed by atoms with Crippen molar-refractivity contribution in [3.8, 4) is 0 Å². The van der Waals surface area contributed by atoms with E-state index in [1.807, 2.05) is 0 Å².